The first kappa shape index (κ1) is 26.3. The molecule has 2 amide bonds. The lowest BCUT2D eigenvalue weighted by Crippen LogP contribution is -2.54. The molecule has 0 saturated carbocycles. The second-order valence-corrected chi connectivity index (χ2v) is 11.1. The second-order valence-electron chi connectivity index (χ2n) is 9.17. The number of anilines is 1. The zero-order valence-corrected chi connectivity index (χ0v) is 20.7. The van der Waals surface area contributed by atoms with E-state index < -0.39 is 39.9 Å². The molecular weight excluding hydrogens is 445 g/mol. The highest BCUT2D eigenvalue weighted by Gasteiger charge is 2.31. The fraction of sp³-hybridized carbons (Fsp3) is 0.417. The number of hydrogen-bond donors (Lipinski definition) is 1. The molecule has 9 heteroatoms. The summed E-state index contributed by atoms with van der Waals surface area (Å²) in [6.07, 6.45) is 1.03. The predicted octanol–water partition coefficient (Wildman–Crippen LogP) is 3.23. The summed E-state index contributed by atoms with van der Waals surface area (Å²) in [5.41, 5.74) is 1.40. The number of sulfonamides is 1. The van der Waals surface area contributed by atoms with Crippen LogP contribution in [-0.4, -0.2) is 49.5 Å². The number of nitrogens with zero attached hydrogens (tertiary/aromatic N) is 2. The van der Waals surface area contributed by atoms with Crippen molar-refractivity contribution in [3.05, 3.63) is 65.5 Å². The van der Waals surface area contributed by atoms with Crippen LogP contribution >= 0.6 is 0 Å². The molecule has 0 saturated heterocycles. The van der Waals surface area contributed by atoms with Crippen LogP contribution in [0, 0.1) is 12.7 Å². The smallest absolute Gasteiger partial charge is 0.244 e. The summed E-state index contributed by atoms with van der Waals surface area (Å²) in [7, 11) is -3.78. The molecule has 0 aliphatic carbocycles. The van der Waals surface area contributed by atoms with Gasteiger partial charge in [0, 0.05) is 12.1 Å². The first-order valence-electron chi connectivity index (χ1n) is 10.6. The largest absolute Gasteiger partial charge is 0.350 e. The van der Waals surface area contributed by atoms with Gasteiger partial charge >= 0.3 is 0 Å². The summed E-state index contributed by atoms with van der Waals surface area (Å²) < 4.78 is 39.4. The quantitative estimate of drug-likeness (QED) is 0.633. The van der Waals surface area contributed by atoms with Crippen molar-refractivity contribution in [2.75, 3.05) is 17.1 Å². The highest BCUT2D eigenvalue weighted by Crippen LogP contribution is 2.20. The number of halogens is 1. The molecule has 0 spiro atoms. The average Bonchev–Trinajstić information content (AvgIpc) is 2.69. The lowest BCUT2D eigenvalue weighted by atomic mass is 10.1. The van der Waals surface area contributed by atoms with Gasteiger partial charge in [-0.1, -0.05) is 29.8 Å². The maximum absolute atomic E-state index is 13.4. The predicted molar refractivity (Wildman–Crippen MR) is 128 cm³/mol. The Labute approximate surface area is 195 Å². The van der Waals surface area contributed by atoms with Crippen molar-refractivity contribution in [3.8, 4) is 0 Å². The number of rotatable bonds is 8. The van der Waals surface area contributed by atoms with E-state index in [9.17, 15) is 22.4 Å². The summed E-state index contributed by atoms with van der Waals surface area (Å²) in [6, 6.07) is 11.5. The van der Waals surface area contributed by atoms with Crippen molar-refractivity contribution in [2.45, 2.75) is 52.7 Å². The third-order valence-corrected chi connectivity index (χ3v) is 6.07. The van der Waals surface area contributed by atoms with E-state index in [0.717, 1.165) is 16.1 Å². The Balaban J connectivity index is 2.38. The van der Waals surface area contributed by atoms with Crippen molar-refractivity contribution in [3.63, 3.8) is 0 Å². The van der Waals surface area contributed by atoms with E-state index in [1.54, 1.807) is 31.2 Å². The third kappa shape index (κ3) is 7.85. The number of aryl methyl sites for hydroxylation is 1. The fourth-order valence-corrected chi connectivity index (χ4v) is 4.02. The molecule has 0 aliphatic heterocycles. The lowest BCUT2D eigenvalue weighted by Gasteiger charge is -2.33. The van der Waals surface area contributed by atoms with E-state index in [-0.39, 0.29) is 12.5 Å². The van der Waals surface area contributed by atoms with Gasteiger partial charge in [-0.15, -0.1) is 0 Å². The van der Waals surface area contributed by atoms with E-state index in [1.165, 1.54) is 29.2 Å². The standard InChI is InChI=1S/C24H32FN3O4S/c1-17-7-13-21(14-8-17)28(33(6,31)32)16-22(29)27(15-19-9-11-20(25)12-10-19)18(2)23(30)26-24(3,4)5/h7-14,18H,15-16H2,1-6H3,(H,26,30)/t18-/m0/s1. The topological polar surface area (TPSA) is 86.8 Å². The molecule has 0 fully saturated rings. The summed E-state index contributed by atoms with van der Waals surface area (Å²) in [4.78, 5) is 27.5. The van der Waals surface area contributed by atoms with Gasteiger partial charge in [-0.2, -0.15) is 0 Å². The van der Waals surface area contributed by atoms with E-state index in [4.69, 9.17) is 0 Å². The van der Waals surface area contributed by atoms with Gasteiger partial charge in [-0.3, -0.25) is 13.9 Å². The number of carbonyl (C=O) groups is 2. The van der Waals surface area contributed by atoms with Gasteiger partial charge in [0.1, 0.15) is 18.4 Å². The number of carbonyl (C=O) groups excluding carboxylic acids is 2. The van der Waals surface area contributed by atoms with Gasteiger partial charge in [0.05, 0.1) is 11.9 Å². The summed E-state index contributed by atoms with van der Waals surface area (Å²) in [5, 5.41) is 2.85. The highest BCUT2D eigenvalue weighted by atomic mass is 32.2. The monoisotopic (exact) mass is 477 g/mol. The van der Waals surface area contributed by atoms with E-state index >= 15 is 0 Å². The molecule has 0 aromatic heterocycles. The first-order chi connectivity index (χ1) is 15.2. The van der Waals surface area contributed by atoms with Crippen LogP contribution in [0.15, 0.2) is 48.5 Å². The first-order valence-corrected chi connectivity index (χ1v) is 12.4. The molecule has 0 unspecified atom stereocenters. The molecule has 0 aliphatic rings. The normalized spacial score (nSPS) is 12.7. The van der Waals surface area contributed by atoms with Gasteiger partial charge in [0.2, 0.25) is 21.8 Å². The molecule has 0 bridgehead atoms. The molecule has 33 heavy (non-hydrogen) atoms. The van der Waals surface area contributed by atoms with Crippen LogP contribution in [0.25, 0.3) is 0 Å². The second kappa shape index (κ2) is 10.3. The Morgan fingerprint density at radius 3 is 2.06 bits per heavy atom. The van der Waals surface area contributed by atoms with Gasteiger partial charge in [0.25, 0.3) is 0 Å². The Morgan fingerprint density at radius 1 is 1.03 bits per heavy atom. The molecular formula is C24H32FN3O4S. The molecule has 2 aromatic rings. The molecule has 7 nitrogen and oxygen atoms in total. The Hall–Kier alpha value is -2.94. The van der Waals surface area contributed by atoms with Gasteiger partial charge in [0.15, 0.2) is 0 Å². The lowest BCUT2D eigenvalue weighted by molar-refractivity contribution is -0.140. The molecule has 2 aromatic carbocycles. The van der Waals surface area contributed by atoms with Crippen LogP contribution in [0.4, 0.5) is 10.1 Å². The van der Waals surface area contributed by atoms with E-state index in [1.807, 2.05) is 27.7 Å². The maximum atomic E-state index is 13.4. The number of amides is 2. The van der Waals surface area contributed by atoms with Crippen molar-refractivity contribution >= 4 is 27.5 Å². The fourth-order valence-electron chi connectivity index (χ4n) is 3.17. The van der Waals surface area contributed by atoms with Crippen LogP contribution in [0.5, 0.6) is 0 Å². The summed E-state index contributed by atoms with van der Waals surface area (Å²) >= 11 is 0. The third-order valence-electron chi connectivity index (χ3n) is 4.93. The molecule has 0 heterocycles. The molecule has 2 rings (SSSR count). The SMILES string of the molecule is Cc1ccc(N(CC(=O)N(Cc2ccc(F)cc2)[C@@H](C)C(=O)NC(C)(C)C)S(C)(=O)=O)cc1. The van der Waals surface area contributed by atoms with Crippen LogP contribution in [-0.2, 0) is 26.2 Å². The van der Waals surface area contributed by atoms with Gasteiger partial charge in [-0.05, 0) is 64.4 Å². The maximum Gasteiger partial charge on any atom is 0.244 e. The molecule has 1 atom stereocenters. The summed E-state index contributed by atoms with van der Waals surface area (Å²) in [6.45, 7) is 8.48. The minimum atomic E-state index is -3.78. The minimum Gasteiger partial charge on any atom is -0.350 e. The van der Waals surface area contributed by atoms with Crippen LogP contribution in [0.1, 0.15) is 38.8 Å². The van der Waals surface area contributed by atoms with E-state index in [2.05, 4.69) is 5.32 Å². The highest BCUT2D eigenvalue weighted by molar-refractivity contribution is 7.92. The number of nitrogens with one attached hydrogen (secondary N) is 1. The zero-order valence-electron chi connectivity index (χ0n) is 19.9. The molecule has 1 N–H and O–H groups in total. The molecule has 180 valence electrons. The number of benzene rings is 2. The van der Waals surface area contributed by atoms with Crippen molar-refractivity contribution in [2.24, 2.45) is 0 Å². The van der Waals surface area contributed by atoms with Gasteiger partial charge in [-0.25, -0.2) is 12.8 Å². The average molecular weight is 478 g/mol. The Morgan fingerprint density at radius 2 is 1.58 bits per heavy atom. The van der Waals surface area contributed by atoms with Gasteiger partial charge < -0.3 is 10.2 Å². The van der Waals surface area contributed by atoms with Crippen LogP contribution < -0.4 is 9.62 Å². The summed E-state index contributed by atoms with van der Waals surface area (Å²) in [5.74, 6) is -1.35. The Bertz CT molecular complexity index is 1080. The van der Waals surface area contributed by atoms with Crippen LogP contribution in [0.3, 0.4) is 0 Å². The number of hydrogen-bond acceptors (Lipinski definition) is 4. The van der Waals surface area contributed by atoms with Crippen LogP contribution in [0.2, 0.25) is 0 Å². The van der Waals surface area contributed by atoms with Crippen molar-refractivity contribution in [1.82, 2.24) is 10.2 Å². The van der Waals surface area contributed by atoms with E-state index in [0.29, 0.717) is 11.3 Å². The van der Waals surface area contributed by atoms with Crippen molar-refractivity contribution < 1.29 is 22.4 Å². The molecule has 0 radical (unpaired) electrons. The Kier molecular flexibility index (Phi) is 8.24. The van der Waals surface area contributed by atoms with Crippen molar-refractivity contribution in [1.29, 1.82) is 0 Å². The minimum absolute atomic E-state index is 0.0172. The zero-order chi connectivity index (χ0) is 25.0.